The molecular weight excluding hydrogens is 641 g/mol. The zero-order valence-corrected chi connectivity index (χ0v) is 30.6. The Bertz CT molecular complexity index is 1680. The lowest BCUT2D eigenvalue weighted by atomic mass is 9.36. The Hall–Kier alpha value is -1.66. The van der Waals surface area contributed by atoms with E-state index in [4.69, 9.17) is 8.37 Å². The second-order valence-corrected chi connectivity index (χ2v) is 19.4. The van der Waals surface area contributed by atoms with Gasteiger partial charge in [0.1, 0.15) is 11.5 Å². The van der Waals surface area contributed by atoms with E-state index >= 15 is 0 Å². The largest absolute Gasteiger partial charge is 0.716 e. The van der Waals surface area contributed by atoms with Gasteiger partial charge in [-0.1, -0.05) is 53.2 Å². The van der Waals surface area contributed by atoms with Crippen LogP contribution in [0.3, 0.4) is 0 Å². The number of hydrogen-bond donors (Lipinski definition) is 1. The maximum absolute atomic E-state index is 11.8. The van der Waals surface area contributed by atoms with Crippen molar-refractivity contribution < 1.29 is 39.4 Å². The lowest BCUT2D eigenvalue weighted by Gasteiger charge is -2.68. The molecule has 1 aromatic rings. The molecule has 0 spiro atoms. The van der Waals surface area contributed by atoms with Crippen LogP contribution in [-0.4, -0.2) is 37.2 Å². The SMILES string of the molecule is CC1=CCCC(C)(C)[C@@H]1CC[C@]1(C)C(O)CC[C@@]2(C)C1CC[C@]1(C)C2CC[C@]2(C)c3c(OS(=O)(=O)[O-])ccc(OS(=O)(=O)[O-])c3CC12. The van der Waals surface area contributed by atoms with E-state index in [-0.39, 0.29) is 45.2 Å². The monoisotopic (exact) mass is 692 g/mol. The highest BCUT2D eigenvalue weighted by Gasteiger charge is 2.68. The Kier molecular flexibility index (Phi) is 8.36. The van der Waals surface area contributed by atoms with Crippen molar-refractivity contribution in [3.05, 3.63) is 34.9 Å². The number of fused-ring (bicyclic) bond motifs is 7. The molecule has 1 aromatic carbocycles. The smallest absolute Gasteiger partial charge is 0.262 e. The van der Waals surface area contributed by atoms with Crippen molar-refractivity contribution in [2.24, 2.45) is 45.3 Å². The van der Waals surface area contributed by atoms with Crippen molar-refractivity contribution in [3.63, 3.8) is 0 Å². The van der Waals surface area contributed by atoms with Crippen LogP contribution in [0.5, 0.6) is 11.5 Å². The third-order valence-corrected chi connectivity index (χ3v) is 15.5. The first-order valence-corrected chi connectivity index (χ1v) is 20.0. The van der Waals surface area contributed by atoms with E-state index in [0.717, 1.165) is 51.4 Å². The molecule has 0 aliphatic heterocycles. The van der Waals surface area contributed by atoms with Crippen LogP contribution in [0.15, 0.2) is 23.8 Å². The van der Waals surface area contributed by atoms with E-state index in [2.05, 4.69) is 54.5 Å². The molecule has 3 saturated carbocycles. The van der Waals surface area contributed by atoms with Crippen LogP contribution in [0.1, 0.15) is 124 Å². The summed E-state index contributed by atoms with van der Waals surface area (Å²) in [5.41, 5.74) is 1.47. The van der Waals surface area contributed by atoms with Gasteiger partial charge >= 0.3 is 0 Å². The predicted molar refractivity (Wildman–Crippen MR) is 176 cm³/mol. The van der Waals surface area contributed by atoms with Crippen molar-refractivity contribution in [1.82, 2.24) is 0 Å². The number of hydrogen-bond acceptors (Lipinski definition) is 9. The molecule has 0 amide bonds. The van der Waals surface area contributed by atoms with Gasteiger partial charge < -0.3 is 22.6 Å². The summed E-state index contributed by atoms with van der Waals surface area (Å²) >= 11 is 0. The van der Waals surface area contributed by atoms with Crippen LogP contribution < -0.4 is 8.37 Å². The first-order chi connectivity index (χ1) is 21.6. The molecule has 0 aromatic heterocycles. The van der Waals surface area contributed by atoms with Gasteiger partial charge in [-0.05, 0) is 135 Å². The Morgan fingerprint density at radius 3 is 2.02 bits per heavy atom. The van der Waals surface area contributed by atoms with Gasteiger partial charge in [-0.3, -0.25) is 0 Å². The highest BCUT2D eigenvalue weighted by molar-refractivity contribution is 7.81. The predicted octanol–water partition coefficient (Wildman–Crippen LogP) is 6.95. The number of rotatable bonds is 7. The number of allylic oxidation sites excluding steroid dienone is 2. The molecule has 4 unspecified atom stereocenters. The molecule has 3 fully saturated rings. The first-order valence-electron chi connectivity index (χ1n) is 17.4. The van der Waals surface area contributed by atoms with Gasteiger partial charge in [0.15, 0.2) is 0 Å². The average Bonchev–Trinajstić information content (AvgIpc) is 3.25. The zero-order valence-electron chi connectivity index (χ0n) is 28.9. The number of aliphatic hydroxyl groups is 1. The Morgan fingerprint density at radius 2 is 1.38 bits per heavy atom. The van der Waals surface area contributed by atoms with Gasteiger partial charge in [-0.2, -0.15) is 0 Å². The van der Waals surface area contributed by atoms with Crippen LogP contribution in [-0.2, 0) is 32.6 Å². The summed E-state index contributed by atoms with van der Waals surface area (Å²) in [6.07, 6.45) is 11.8. The molecule has 5 aliphatic rings. The fraction of sp³-hybridized carbons (Fsp3) is 0.778. The minimum Gasteiger partial charge on any atom is -0.716 e. The minimum atomic E-state index is -5.12. The molecule has 0 heterocycles. The normalized spacial score (nSPS) is 41.1. The highest BCUT2D eigenvalue weighted by Crippen LogP contribution is 2.74. The van der Waals surface area contributed by atoms with E-state index < -0.39 is 26.2 Å². The fourth-order valence-corrected chi connectivity index (χ4v) is 13.3. The van der Waals surface area contributed by atoms with Crippen LogP contribution >= 0.6 is 0 Å². The molecule has 11 heteroatoms. The molecule has 0 radical (unpaired) electrons. The van der Waals surface area contributed by atoms with E-state index in [1.54, 1.807) is 0 Å². The summed E-state index contributed by atoms with van der Waals surface area (Å²) < 4.78 is 80.4. The average molecular weight is 693 g/mol. The molecule has 6 rings (SSSR count). The standard InChI is InChI=1S/C36H54O9S2/c1-22-9-8-16-32(2,3)24(22)12-17-35(6)28-13-18-34(5)27(33(28,4)20-15-30(35)37)14-19-36(7)29(34)21-23-25(44-46(38,39)40)10-11-26(31(23)36)45-47(41,42)43/h9-11,24,27-30,37H,8,12-21H2,1-7H3,(H,38,39,40)(H,41,42,43)/p-2/t24-,27?,28?,29?,30?,33-,34-,35+,36+/m1/s1. The summed E-state index contributed by atoms with van der Waals surface area (Å²) in [4.78, 5) is 0. The van der Waals surface area contributed by atoms with Crippen molar-refractivity contribution in [3.8, 4) is 11.5 Å². The van der Waals surface area contributed by atoms with E-state index in [1.807, 2.05) is 0 Å². The number of benzene rings is 1. The number of aliphatic hydroxyl groups excluding tert-OH is 1. The van der Waals surface area contributed by atoms with Crippen LogP contribution in [0.2, 0.25) is 0 Å². The zero-order chi connectivity index (χ0) is 34.6. The third-order valence-electron chi connectivity index (χ3n) is 14.7. The maximum atomic E-state index is 11.8. The van der Waals surface area contributed by atoms with Gasteiger partial charge in [0, 0.05) is 16.5 Å². The molecule has 5 aliphatic carbocycles. The van der Waals surface area contributed by atoms with Gasteiger partial charge in [0.2, 0.25) is 0 Å². The fourth-order valence-electron chi connectivity index (χ4n) is 12.6. The van der Waals surface area contributed by atoms with Gasteiger partial charge in [0.25, 0.3) is 20.8 Å². The molecule has 0 saturated heterocycles. The maximum Gasteiger partial charge on any atom is 0.262 e. The third kappa shape index (κ3) is 5.68. The summed E-state index contributed by atoms with van der Waals surface area (Å²) in [7, 11) is -10.2. The minimum absolute atomic E-state index is 0.0359. The summed E-state index contributed by atoms with van der Waals surface area (Å²) in [6.45, 7) is 16.2. The Morgan fingerprint density at radius 1 is 0.809 bits per heavy atom. The molecule has 9 nitrogen and oxygen atoms in total. The molecule has 9 atom stereocenters. The van der Waals surface area contributed by atoms with Crippen molar-refractivity contribution in [1.29, 1.82) is 0 Å². The van der Waals surface area contributed by atoms with Gasteiger partial charge in [-0.15, -0.1) is 0 Å². The molecule has 264 valence electrons. The van der Waals surface area contributed by atoms with Crippen molar-refractivity contribution >= 4 is 20.8 Å². The molecule has 1 N–H and O–H groups in total. The summed E-state index contributed by atoms with van der Waals surface area (Å²) in [5.74, 6) is 0.839. The molecule has 47 heavy (non-hydrogen) atoms. The van der Waals surface area contributed by atoms with Crippen molar-refractivity contribution in [2.75, 3.05) is 0 Å². The molecule has 0 bridgehead atoms. The quantitative estimate of drug-likeness (QED) is 0.182. The van der Waals surface area contributed by atoms with Gasteiger partial charge in [-0.25, -0.2) is 16.8 Å². The van der Waals surface area contributed by atoms with E-state index in [1.165, 1.54) is 24.1 Å². The van der Waals surface area contributed by atoms with Gasteiger partial charge in [0.05, 0.1) is 6.10 Å². The lowest BCUT2D eigenvalue weighted by Crippen LogP contribution is -2.63. The lowest BCUT2D eigenvalue weighted by molar-refractivity contribution is -0.208. The van der Waals surface area contributed by atoms with Crippen LogP contribution in [0.25, 0.3) is 0 Å². The highest BCUT2D eigenvalue weighted by atomic mass is 32.3. The summed E-state index contributed by atoms with van der Waals surface area (Å²) in [6, 6.07) is 2.44. The van der Waals surface area contributed by atoms with Crippen molar-refractivity contribution in [2.45, 2.75) is 131 Å². The Labute approximate surface area is 281 Å². The van der Waals surface area contributed by atoms with Crippen LogP contribution in [0.4, 0.5) is 0 Å². The Balaban J connectivity index is 1.36. The topological polar surface area (TPSA) is 153 Å². The first kappa shape index (κ1) is 35.2. The van der Waals surface area contributed by atoms with Crippen LogP contribution in [0, 0.1) is 45.3 Å². The second kappa shape index (κ2) is 11.2. The van der Waals surface area contributed by atoms with E-state index in [0.29, 0.717) is 41.7 Å². The van der Waals surface area contributed by atoms with E-state index in [9.17, 15) is 31.0 Å². The molecular formula is C36H52O9S2-2. The summed E-state index contributed by atoms with van der Waals surface area (Å²) in [5, 5.41) is 11.7. The second-order valence-electron chi connectivity index (χ2n) is 17.4.